The number of fused-ring (bicyclic) bond motifs is 2. The van der Waals surface area contributed by atoms with Gasteiger partial charge in [0.1, 0.15) is 0 Å². The monoisotopic (exact) mass is 224 g/mol. The maximum absolute atomic E-state index is 12.3. The normalized spacial score (nSPS) is 39.3. The molecule has 4 heteroatoms. The average molecular weight is 224 g/mol. The van der Waals surface area contributed by atoms with E-state index in [2.05, 4.69) is 11.9 Å². The first-order valence-electron chi connectivity index (χ1n) is 6.37. The second kappa shape index (κ2) is 4.00. The molecule has 3 aliphatic heterocycles. The Morgan fingerprint density at radius 2 is 1.94 bits per heavy atom. The van der Waals surface area contributed by atoms with Crippen LogP contribution in [0.2, 0.25) is 0 Å². The number of hydrogen-bond acceptors (Lipinski definition) is 3. The molecule has 3 unspecified atom stereocenters. The van der Waals surface area contributed by atoms with Crippen LogP contribution in [0.4, 0.5) is 0 Å². The van der Waals surface area contributed by atoms with Crippen molar-refractivity contribution in [3.8, 4) is 0 Å². The minimum Gasteiger partial charge on any atom is -0.374 e. The molecule has 0 aromatic heterocycles. The highest BCUT2D eigenvalue weighted by atomic mass is 16.5. The largest absolute Gasteiger partial charge is 0.374 e. The van der Waals surface area contributed by atoms with Crippen molar-refractivity contribution in [2.45, 2.75) is 31.5 Å². The number of likely N-dealkylation sites (N-methyl/N-ethyl adjacent to an activating group) is 1. The second-order valence-corrected chi connectivity index (χ2v) is 5.34. The number of ether oxygens (including phenoxy) is 1. The minimum atomic E-state index is 0.169. The highest BCUT2D eigenvalue weighted by molar-refractivity contribution is 5.80. The van der Waals surface area contributed by atoms with Gasteiger partial charge in [0.15, 0.2) is 0 Å². The summed E-state index contributed by atoms with van der Waals surface area (Å²) in [5.74, 6) is 0.516. The van der Waals surface area contributed by atoms with E-state index in [0.717, 1.165) is 45.4 Å². The smallest absolute Gasteiger partial charge is 0.228 e. The van der Waals surface area contributed by atoms with E-state index < -0.39 is 0 Å². The second-order valence-electron chi connectivity index (χ2n) is 5.34. The summed E-state index contributed by atoms with van der Waals surface area (Å²) in [5.41, 5.74) is 0. The Bertz CT molecular complexity index is 287. The highest BCUT2D eigenvalue weighted by Gasteiger charge is 2.45. The van der Waals surface area contributed by atoms with Gasteiger partial charge in [0.25, 0.3) is 0 Å². The predicted molar refractivity (Wildman–Crippen MR) is 60.1 cm³/mol. The zero-order chi connectivity index (χ0) is 11.1. The topological polar surface area (TPSA) is 32.8 Å². The minimum absolute atomic E-state index is 0.169. The summed E-state index contributed by atoms with van der Waals surface area (Å²) in [6.07, 6.45) is 3.84. The number of piperazine rings is 1. The Labute approximate surface area is 96.5 Å². The molecule has 0 aromatic rings. The van der Waals surface area contributed by atoms with E-state index in [4.69, 9.17) is 4.74 Å². The number of nitrogens with zero attached hydrogens (tertiary/aromatic N) is 2. The molecule has 0 N–H and O–H groups in total. The van der Waals surface area contributed by atoms with Gasteiger partial charge in [-0.25, -0.2) is 0 Å². The maximum Gasteiger partial charge on any atom is 0.228 e. The summed E-state index contributed by atoms with van der Waals surface area (Å²) in [7, 11) is 2.11. The van der Waals surface area contributed by atoms with Crippen LogP contribution in [-0.4, -0.2) is 61.1 Å². The van der Waals surface area contributed by atoms with Crippen LogP contribution in [0, 0.1) is 5.92 Å². The molecule has 3 saturated heterocycles. The Hall–Kier alpha value is -0.610. The third kappa shape index (κ3) is 1.74. The van der Waals surface area contributed by atoms with Crippen molar-refractivity contribution >= 4 is 5.91 Å². The lowest BCUT2D eigenvalue weighted by Gasteiger charge is -2.35. The molecule has 0 saturated carbocycles. The molecule has 1 amide bonds. The van der Waals surface area contributed by atoms with Crippen molar-refractivity contribution < 1.29 is 9.53 Å². The molecule has 0 aromatic carbocycles. The lowest BCUT2D eigenvalue weighted by molar-refractivity contribution is -0.138. The van der Waals surface area contributed by atoms with Crippen LogP contribution in [0.5, 0.6) is 0 Å². The fourth-order valence-electron chi connectivity index (χ4n) is 3.16. The third-order valence-corrected chi connectivity index (χ3v) is 4.24. The van der Waals surface area contributed by atoms with E-state index in [-0.39, 0.29) is 12.0 Å². The standard InChI is InChI=1S/C12H20N2O2/c1-13-4-6-14(7-5-13)12(15)10-8-9-2-3-11(10)16-9/h9-11H,2-8H2,1H3. The van der Waals surface area contributed by atoms with Crippen LogP contribution in [0.3, 0.4) is 0 Å². The number of carbonyl (C=O) groups is 1. The van der Waals surface area contributed by atoms with Crippen LogP contribution in [0.25, 0.3) is 0 Å². The predicted octanol–water partition coefficient (Wildman–Crippen LogP) is 0.328. The summed E-state index contributed by atoms with van der Waals surface area (Å²) >= 11 is 0. The van der Waals surface area contributed by atoms with E-state index in [0.29, 0.717) is 12.0 Å². The molecule has 3 fully saturated rings. The Morgan fingerprint density at radius 1 is 1.19 bits per heavy atom. The molecular formula is C12H20N2O2. The van der Waals surface area contributed by atoms with Crippen molar-refractivity contribution in [3.05, 3.63) is 0 Å². The molecule has 0 spiro atoms. The van der Waals surface area contributed by atoms with E-state index in [1.54, 1.807) is 0 Å². The summed E-state index contributed by atoms with van der Waals surface area (Å²) in [5, 5.41) is 0. The first kappa shape index (κ1) is 10.5. The number of carbonyl (C=O) groups excluding carboxylic acids is 1. The summed E-state index contributed by atoms with van der Waals surface area (Å²) in [6.45, 7) is 3.80. The van der Waals surface area contributed by atoms with Crippen molar-refractivity contribution in [2.24, 2.45) is 5.92 Å². The molecule has 4 nitrogen and oxygen atoms in total. The summed E-state index contributed by atoms with van der Waals surface area (Å²) in [4.78, 5) is 16.6. The van der Waals surface area contributed by atoms with Crippen LogP contribution in [-0.2, 0) is 9.53 Å². The van der Waals surface area contributed by atoms with Gasteiger partial charge in [0.2, 0.25) is 5.91 Å². The molecule has 0 aliphatic carbocycles. The van der Waals surface area contributed by atoms with Gasteiger partial charge >= 0.3 is 0 Å². The van der Waals surface area contributed by atoms with Crippen LogP contribution < -0.4 is 0 Å². The average Bonchev–Trinajstić information content (AvgIpc) is 2.91. The lowest BCUT2D eigenvalue weighted by atomic mass is 9.88. The fraction of sp³-hybridized carbons (Fsp3) is 0.917. The van der Waals surface area contributed by atoms with E-state index in [1.807, 2.05) is 4.90 Å². The van der Waals surface area contributed by atoms with Gasteiger partial charge in [0, 0.05) is 26.2 Å². The Balaban J connectivity index is 1.61. The van der Waals surface area contributed by atoms with Gasteiger partial charge < -0.3 is 14.5 Å². The molecule has 0 radical (unpaired) electrons. The number of hydrogen-bond donors (Lipinski definition) is 0. The first-order valence-corrected chi connectivity index (χ1v) is 6.37. The van der Waals surface area contributed by atoms with E-state index >= 15 is 0 Å². The van der Waals surface area contributed by atoms with Crippen molar-refractivity contribution in [2.75, 3.05) is 33.2 Å². The zero-order valence-electron chi connectivity index (χ0n) is 9.89. The fourth-order valence-corrected chi connectivity index (χ4v) is 3.16. The molecule has 16 heavy (non-hydrogen) atoms. The molecular weight excluding hydrogens is 204 g/mol. The van der Waals surface area contributed by atoms with Gasteiger partial charge in [-0.1, -0.05) is 0 Å². The quantitative estimate of drug-likeness (QED) is 0.643. The maximum atomic E-state index is 12.3. The number of amides is 1. The summed E-state index contributed by atoms with van der Waals surface area (Å²) in [6, 6.07) is 0. The van der Waals surface area contributed by atoms with Gasteiger partial charge in [-0.2, -0.15) is 0 Å². The zero-order valence-corrected chi connectivity index (χ0v) is 9.89. The van der Waals surface area contributed by atoms with Gasteiger partial charge in [-0.3, -0.25) is 4.79 Å². The van der Waals surface area contributed by atoms with Crippen LogP contribution in [0.15, 0.2) is 0 Å². The molecule has 3 rings (SSSR count). The van der Waals surface area contributed by atoms with Gasteiger partial charge in [0.05, 0.1) is 18.1 Å². The molecule has 3 atom stereocenters. The number of rotatable bonds is 1. The Kier molecular flexibility index (Phi) is 2.64. The van der Waals surface area contributed by atoms with Gasteiger partial charge in [-0.15, -0.1) is 0 Å². The Morgan fingerprint density at radius 3 is 2.50 bits per heavy atom. The first-order chi connectivity index (χ1) is 7.74. The van der Waals surface area contributed by atoms with Crippen LogP contribution >= 0.6 is 0 Å². The summed E-state index contributed by atoms with van der Waals surface area (Å²) < 4.78 is 5.76. The SMILES string of the molecule is CN1CCN(C(=O)C2CC3CCC2O3)CC1. The van der Waals surface area contributed by atoms with E-state index in [9.17, 15) is 4.79 Å². The van der Waals surface area contributed by atoms with Crippen molar-refractivity contribution in [1.29, 1.82) is 0 Å². The van der Waals surface area contributed by atoms with Gasteiger partial charge in [-0.05, 0) is 26.3 Å². The molecule has 3 aliphatic rings. The molecule has 2 bridgehead atoms. The molecule has 90 valence electrons. The van der Waals surface area contributed by atoms with Crippen LogP contribution in [0.1, 0.15) is 19.3 Å². The highest BCUT2D eigenvalue weighted by Crippen LogP contribution is 2.39. The van der Waals surface area contributed by atoms with Crippen molar-refractivity contribution in [1.82, 2.24) is 9.80 Å². The lowest BCUT2D eigenvalue weighted by Crippen LogP contribution is -2.50. The third-order valence-electron chi connectivity index (χ3n) is 4.24. The molecule has 3 heterocycles. The van der Waals surface area contributed by atoms with Crippen molar-refractivity contribution in [3.63, 3.8) is 0 Å². The van der Waals surface area contributed by atoms with E-state index in [1.165, 1.54) is 0 Å².